The van der Waals surface area contributed by atoms with Crippen LogP contribution in [0.4, 0.5) is 29.2 Å². The standard InChI is InChI=1S/C32H28F2N4O2.C30H28F2N4O/c1-3-23-26(33)7-4-19-12-22(39)13-24(28(19)23)31-29(34)27-17(2)30(18-8-10-40-11-9-18)37-32(25(27)14-35-31)38-15-20-5-6-21(16-38)36-20;1-5-21-24(31)9-6-17-10-20(37)11-22(26(17)21)29-27(32)25-16(4)28(15(2)3)35-30(23(25)12-33-29)36-13-18-7-8-19(14-36)34-18/h1,4,7-8,12-14,20-21,36,39H,5-6,9-11,15-16H2,2H3;1,6,9-12,15,18-19,34,37H,7-8,13-14H2,2-4H3. The Kier molecular flexibility index (Phi) is 12.8. The number of hydrogen-bond donors (Lipinski definition) is 4. The zero-order chi connectivity index (χ0) is 53.6. The van der Waals surface area contributed by atoms with Crippen LogP contribution in [0.5, 0.6) is 11.5 Å². The second-order valence-electron chi connectivity index (χ2n) is 21.4. The molecule has 4 aromatic heterocycles. The van der Waals surface area contributed by atoms with E-state index in [4.69, 9.17) is 27.6 Å². The molecule has 0 spiro atoms. The summed E-state index contributed by atoms with van der Waals surface area (Å²) >= 11 is 0. The molecule has 5 aliphatic rings. The Morgan fingerprint density at radius 1 is 0.636 bits per heavy atom. The lowest BCUT2D eigenvalue weighted by atomic mass is 9.93. The lowest BCUT2D eigenvalue weighted by Gasteiger charge is -2.35. The molecule has 0 radical (unpaired) electrons. The van der Waals surface area contributed by atoms with Crippen LogP contribution in [0, 0.1) is 61.8 Å². The van der Waals surface area contributed by atoms with Gasteiger partial charge in [0.1, 0.15) is 46.2 Å². The van der Waals surface area contributed by atoms with E-state index in [0.717, 1.165) is 86.0 Å². The number of anilines is 2. The van der Waals surface area contributed by atoms with Crippen molar-refractivity contribution in [3.63, 3.8) is 0 Å². The molecule has 4 atom stereocenters. The number of pyridine rings is 4. The summed E-state index contributed by atoms with van der Waals surface area (Å²) < 4.78 is 68.5. The summed E-state index contributed by atoms with van der Waals surface area (Å²) in [4.78, 5) is 23.8. The van der Waals surface area contributed by atoms with Gasteiger partial charge in [0.05, 0.1) is 30.0 Å². The summed E-state index contributed by atoms with van der Waals surface area (Å²) in [6.45, 7) is 12.1. The zero-order valence-corrected chi connectivity index (χ0v) is 43.2. The van der Waals surface area contributed by atoms with Crippen molar-refractivity contribution in [1.82, 2.24) is 30.6 Å². The number of piperazine rings is 2. The van der Waals surface area contributed by atoms with E-state index in [9.17, 15) is 19.0 Å². The van der Waals surface area contributed by atoms with E-state index in [2.05, 4.69) is 56.1 Å². The summed E-state index contributed by atoms with van der Waals surface area (Å²) in [7, 11) is 0. The molecular weight excluding hydrogens is 981 g/mol. The fourth-order valence-electron chi connectivity index (χ4n) is 12.7. The van der Waals surface area contributed by atoms with Gasteiger partial charge in [0.15, 0.2) is 11.6 Å². The third-order valence-electron chi connectivity index (χ3n) is 16.2. The van der Waals surface area contributed by atoms with Crippen LogP contribution >= 0.6 is 0 Å². The van der Waals surface area contributed by atoms with E-state index >= 15 is 8.78 Å². The fraction of sp³-hybridized carbons (Fsp3) is 0.323. The molecule has 0 aliphatic carbocycles. The summed E-state index contributed by atoms with van der Waals surface area (Å²) in [6, 6.07) is 12.9. The minimum absolute atomic E-state index is 0.00281. The Balaban J connectivity index is 0.000000155. The molecule has 8 aromatic rings. The van der Waals surface area contributed by atoms with Gasteiger partial charge in [-0.2, -0.15) is 0 Å². The second-order valence-corrected chi connectivity index (χ2v) is 21.4. The Hall–Kier alpha value is -7.82. The second kappa shape index (κ2) is 19.6. The summed E-state index contributed by atoms with van der Waals surface area (Å²) in [5.74, 6) is 3.93. The molecule has 0 amide bonds. The third-order valence-corrected chi connectivity index (χ3v) is 16.2. The highest BCUT2D eigenvalue weighted by atomic mass is 19.1. The number of hydrogen-bond acceptors (Lipinski definition) is 11. The maximum absolute atomic E-state index is 16.9. The van der Waals surface area contributed by atoms with Gasteiger partial charge in [0.2, 0.25) is 0 Å². The van der Waals surface area contributed by atoms with Crippen molar-refractivity contribution in [2.45, 2.75) is 89.9 Å². The highest BCUT2D eigenvalue weighted by Gasteiger charge is 2.36. The fourth-order valence-corrected chi connectivity index (χ4v) is 12.7. The average Bonchev–Trinajstić information content (AvgIpc) is 4.03. The topological polar surface area (TPSA) is 132 Å². The van der Waals surface area contributed by atoms with E-state index in [1.807, 2.05) is 19.9 Å². The number of aromatic nitrogens is 4. The van der Waals surface area contributed by atoms with Gasteiger partial charge in [-0.1, -0.05) is 43.9 Å². The van der Waals surface area contributed by atoms with Gasteiger partial charge in [-0.25, -0.2) is 27.5 Å². The largest absolute Gasteiger partial charge is 0.508 e. The normalized spacial score (nSPS) is 20.0. The summed E-state index contributed by atoms with van der Waals surface area (Å²) in [5.41, 5.74) is 4.61. The lowest BCUT2D eigenvalue weighted by Crippen LogP contribution is -2.51. The number of aryl methyl sites for hydroxylation is 2. The predicted molar refractivity (Wildman–Crippen MR) is 295 cm³/mol. The molecule has 77 heavy (non-hydrogen) atoms. The number of nitrogens with zero attached hydrogens (tertiary/aromatic N) is 6. The van der Waals surface area contributed by atoms with Gasteiger partial charge < -0.3 is 35.4 Å². The molecule has 4 saturated heterocycles. The van der Waals surface area contributed by atoms with Crippen molar-refractivity contribution in [1.29, 1.82) is 0 Å². The Bertz CT molecular complexity index is 3880. The predicted octanol–water partition coefficient (Wildman–Crippen LogP) is 11.3. The Morgan fingerprint density at radius 3 is 1.55 bits per heavy atom. The number of terminal acetylenes is 2. The van der Waals surface area contributed by atoms with Crippen LogP contribution in [-0.4, -0.2) is 93.7 Å². The molecule has 15 heteroatoms. The van der Waals surface area contributed by atoms with Crippen molar-refractivity contribution in [3.05, 3.63) is 124 Å². The molecule has 5 aliphatic heterocycles. The van der Waals surface area contributed by atoms with E-state index in [1.54, 1.807) is 12.4 Å². The monoisotopic (exact) mass is 1040 g/mol. The molecule has 4 unspecified atom stereocenters. The molecule has 4 aromatic carbocycles. The molecule has 390 valence electrons. The average molecular weight is 1040 g/mol. The maximum Gasteiger partial charge on any atom is 0.157 e. The highest BCUT2D eigenvalue weighted by Crippen LogP contribution is 2.44. The van der Waals surface area contributed by atoms with E-state index in [-0.39, 0.29) is 51.1 Å². The number of rotatable bonds is 6. The van der Waals surface area contributed by atoms with Crippen LogP contribution in [0.1, 0.15) is 85.5 Å². The summed E-state index contributed by atoms with van der Waals surface area (Å²) in [5, 5.41) is 32.1. The SMILES string of the molecule is C#Cc1c(F)ccc2cc(O)cc(-c3ncc4c(N5CC6CCC(C5)N6)nc(C(C)C)c(C)c4c3F)c12.C#Cc1c(F)ccc2cc(O)cc(-c3ncc4c(N5CC6CCC(C5)N6)nc(C5=CCOCC5)c(C)c4c3F)c12. The van der Waals surface area contributed by atoms with E-state index < -0.39 is 23.3 Å². The van der Waals surface area contributed by atoms with Crippen LogP contribution in [0.25, 0.3) is 71.2 Å². The number of fused-ring (bicyclic) bond motifs is 8. The molecule has 0 saturated carbocycles. The minimum atomic E-state index is -0.590. The van der Waals surface area contributed by atoms with Crippen LogP contribution in [0.2, 0.25) is 0 Å². The number of halogens is 4. The van der Waals surface area contributed by atoms with Crippen molar-refractivity contribution in [3.8, 4) is 58.7 Å². The maximum atomic E-state index is 16.9. The number of phenolic OH excluding ortho intramolecular Hbond substituents is 2. The van der Waals surface area contributed by atoms with Gasteiger partial charge in [-0.3, -0.25) is 9.97 Å². The van der Waals surface area contributed by atoms with Gasteiger partial charge in [-0.15, -0.1) is 12.8 Å². The Labute approximate surface area is 443 Å². The van der Waals surface area contributed by atoms with Crippen molar-refractivity contribution >= 4 is 60.3 Å². The lowest BCUT2D eigenvalue weighted by molar-refractivity contribution is 0.161. The number of phenols is 2. The molecule has 13 rings (SSSR count). The summed E-state index contributed by atoms with van der Waals surface area (Å²) in [6.07, 6.45) is 21.8. The zero-order valence-electron chi connectivity index (χ0n) is 43.2. The van der Waals surface area contributed by atoms with E-state index in [1.165, 1.54) is 48.5 Å². The van der Waals surface area contributed by atoms with Crippen LogP contribution in [0.15, 0.2) is 67.0 Å². The molecular formula is C62H56F4N8O3. The van der Waals surface area contributed by atoms with Crippen molar-refractivity contribution in [2.75, 3.05) is 49.2 Å². The van der Waals surface area contributed by atoms with Crippen molar-refractivity contribution in [2.24, 2.45) is 0 Å². The quantitative estimate of drug-likeness (QED) is 0.0938. The van der Waals surface area contributed by atoms with Gasteiger partial charge in [0.25, 0.3) is 0 Å². The number of benzene rings is 4. The van der Waals surface area contributed by atoms with Gasteiger partial charge in [-0.05, 0) is 116 Å². The van der Waals surface area contributed by atoms with Crippen LogP contribution < -0.4 is 20.4 Å². The molecule has 9 heterocycles. The first-order chi connectivity index (χ1) is 37.2. The molecule has 4 N–H and O–H groups in total. The van der Waals surface area contributed by atoms with Gasteiger partial charge >= 0.3 is 0 Å². The van der Waals surface area contributed by atoms with Crippen LogP contribution in [0.3, 0.4) is 0 Å². The minimum Gasteiger partial charge on any atom is -0.508 e. The van der Waals surface area contributed by atoms with Crippen molar-refractivity contribution < 1.29 is 32.5 Å². The van der Waals surface area contributed by atoms with E-state index in [0.29, 0.717) is 92.5 Å². The third kappa shape index (κ3) is 8.61. The first-order valence-corrected chi connectivity index (χ1v) is 26.3. The first-order valence-electron chi connectivity index (χ1n) is 26.3. The number of nitrogens with one attached hydrogen (secondary N) is 2. The number of aromatic hydroxyl groups is 2. The first kappa shape index (κ1) is 50.0. The van der Waals surface area contributed by atoms with Gasteiger partial charge in [0, 0.05) is 112 Å². The van der Waals surface area contributed by atoms with Crippen LogP contribution in [-0.2, 0) is 4.74 Å². The molecule has 4 fully saturated rings. The molecule has 4 bridgehead atoms. The highest BCUT2D eigenvalue weighted by molar-refractivity contribution is 6.06. The molecule has 11 nitrogen and oxygen atoms in total. The Morgan fingerprint density at radius 2 is 1.10 bits per heavy atom. The smallest absolute Gasteiger partial charge is 0.157 e. The number of ether oxygens (including phenoxy) is 1.